The van der Waals surface area contributed by atoms with Crippen molar-refractivity contribution in [1.82, 2.24) is 20.0 Å². The Hall–Kier alpha value is -2.36. The lowest BCUT2D eigenvalue weighted by atomic mass is 10.3. The van der Waals surface area contributed by atoms with Gasteiger partial charge < -0.3 is 5.32 Å². The number of aromatic nitrogens is 2. The summed E-state index contributed by atoms with van der Waals surface area (Å²) in [4.78, 5) is 38.2. The summed E-state index contributed by atoms with van der Waals surface area (Å²) < 4.78 is 1.74. The quantitative estimate of drug-likeness (QED) is 0.664. The third-order valence-corrected chi connectivity index (χ3v) is 6.60. The number of rotatable bonds is 5. The first-order valence-corrected chi connectivity index (χ1v) is 10.6. The minimum absolute atomic E-state index is 0.168. The van der Waals surface area contributed by atoms with Crippen LogP contribution in [0.15, 0.2) is 30.3 Å². The minimum Gasteiger partial charge on any atom is -0.350 e. The maximum absolute atomic E-state index is 12.5. The van der Waals surface area contributed by atoms with Gasteiger partial charge in [0.2, 0.25) is 5.91 Å². The predicted octanol–water partition coefficient (Wildman–Crippen LogP) is 3.47. The molecule has 1 aliphatic heterocycles. The Kier molecular flexibility index (Phi) is 5.13. The van der Waals surface area contributed by atoms with Crippen molar-refractivity contribution in [1.29, 1.82) is 0 Å². The number of fused-ring (bicyclic) bond motifs is 1. The average molecular weight is 435 g/mol. The molecule has 10 heteroatoms. The molecule has 0 saturated carbocycles. The van der Waals surface area contributed by atoms with Crippen molar-refractivity contribution < 1.29 is 14.4 Å². The SMILES string of the molecule is Cc1nn(-c2ccccc2Cl)c2sc(C(=O)NCCN3C(=O)CSC3=O)cc12. The van der Waals surface area contributed by atoms with Gasteiger partial charge in [-0.25, -0.2) is 4.68 Å². The van der Waals surface area contributed by atoms with E-state index in [-0.39, 0.29) is 35.9 Å². The van der Waals surface area contributed by atoms with E-state index in [0.29, 0.717) is 9.90 Å². The van der Waals surface area contributed by atoms with Crippen LogP contribution in [0.5, 0.6) is 0 Å². The lowest BCUT2D eigenvalue weighted by molar-refractivity contribution is -0.124. The van der Waals surface area contributed by atoms with Crippen molar-refractivity contribution in [2.45, 2.75) is 6.92 Å². The molecule has 4 rings (SSSR count). The van der Waals surface area contributed by atoms with Gasteiger partial charge in [-0.05, 0) is 25.1 Å². The van der Waals surface area contributed by atoms with Crippen molar-refractivity contribution in [3.05, 3.63) is 45.9 Å². The van der Waals surface area contributed by atoms with Gasteiger partial charge in [0, 0.05) is 18.5 Å². The van der Waals surface area contributed by atoms with Crippen molar-refractivity contribution in [3.8, 4) is 5.69 Å². The Bertz CT molecular complexity index is 1090. The van der Waals surface area contributed by atoms with Crippen LogP contribution in [0.2, 0.25) is 5.02 Å². The van der Waals surface area contributed by atoms with Crippen molar-refractivity contribution in [3.63, 3.8) is 0 Å². The zero-order valence-electron chi connectivity index (χ0n) is 14.8. The van der Waals surface area contributed by atoms with E-state index >= 15 is 0 Å². The molecule has 0 radical (unpaired) electrons. The number of thiophene rings is 1. The van der Waals surface area contributed by atoms with Gasteiger partial charge in [0.25, 0.3) is 11.1 Å². The number of aryl methyl sites for hydroxylation is 1. The van der Waals surface area contributed by atoms with Crippen molar-refractivity contribution in [2.24, 2.45) is 0 Å². The van der Waals surface area contributed by atoms with Crippen molar-refractivity contribution in [2.75, 3.05) is 18.8 Å². The van der Waals surface area contributed by atoms with Crippen LogP contribution in [0.1, 0.15) is 15.4 Å². The summed E-state index contributed by atoms with van der Waals surface area (Å²) in [7, 11) is 0. The highest BCUT2D eigenvalue weighted by Gasteiger charge is 2.29. The molecule has 1 aromatic carbocycles. The Morgan fingerprint density at radius 1 is 1.32 bits per heavy atom. The number of para-hydroxylation sites is 1. The summed E-state index contributed by atoms with van der Waals surface area (Å²) in [6.45, 7) is 2.26. The molecule has 0 atom stereocenters. The summed E-state index contributed by atoms with van der Waals surface area (Å²) in [6, 6.07) is 9.19. The van der Waals surface area contributed by atoms with Gasteiger partial charge in [0.15, 0.2) is 0 Å². The topological polar surface area (TPSA) is 84.3 Å². The molecule has 3 heterocycles. The molecule has 144 valence electrons. The van der Waals surface area contributed by atoms with Crippen LogP contribution in [0, 0.1) is 6.92 Å². The zero-order valence-corrected chi connectivity index (χ0v) is 17.2. The fourth-order valence-corrected chi connectivity index (χ4v) is 4.97. The van der Waals surface area contributed by atoms with Crippen LogP contribution in [0.4, 0.5) is 4.79 Å². The number of benzene rings is 1. The van der Waals surface area contributed by atoms with Crippen LogP contribution in [-0.4, -0.2) is 50.6 Å². The number of thioether (sulfide) groups is 1. The first-order valence-electron chi connectivity index (χ1n) is 8.45. The van der Waals surface area contributed by atoms with Gasteiger partial charge in [-0.3, -0.25) is 19.3 Å². The number of carbonyl (C=O) groups excluding carboxylic acids is 3. The standard InChI is InChI=1S/C18H15ClN4O3S2/c1-10-11-8-14(16(25)20-6-7-22-15(24)9-27-18(22)26)28-17(11)23(21-10)13-5-3-2-4-12(13)19/h2-5,8H,6-7,9H2,1H3,(H,20,25). The second-order valence-electron chi connectivity index (χ2n) is 6.13. The molecular weight excluding hydrogens is 420 g/mol. The largest absolute Gasteiger partial charge is 0.350 e. The van der Waals surface area contributed by atoms with Gasteiger partial charge in [0.05, 0.1) is 27.0 Å². The summed E-state index contributed by atoms with van der Waals surface area (Å²) in [5, 5.41) is 8.50. The fourth-order valence-electron chi connectivity index (χ4n) is 2.91. The number of hydrogen-bond acceptors (Lipinski definition) is 6. The highest BCUT2D eigenvalue weighted by Crippen LogP contribution is 2.32. The van der Waals surface area contributed by atoms with E-state index in [9.17, 15) is 14.4 Å². The predicted molar refractivity (Wildman–Crippen MR) is 111 cm³/mol. The summed E-state index contributed by atoms with van der Waals surface area (Å²) in [5.74, 6) is -0.305. The van der Waals surface area contributed by atoms with Gasteiger partial charge in [0.1, 0.15) is 4.83 Å². The molecule has 7 nitrogen and oxygen atoms in total. The van der Waals surface area contributed by atoms with Gasteiger partial charge in [-0.2, -0.15) is 5.10 Å². The number of imide groups is 1. The van der Waals surface area contributed by atoms with E-state index in [1.54, 1.807) is 16.8 Å². The lowest BCUT2D eigenvalue weighted by Gasteiger charge is -2.12. The molecule has 1 aliphatic rings. The maximum Gasteiger partial charge on any atom is 0.288 e. The Morgan fingerprint density at radius 3 is 2.82 bits per heavy atom. The Balaban J connectivity index is 1.52. The maximum atomic E-state index is 12.5. The Labute approximate surface area is 173 Å². The van der Waals surface area contributed by atoms with Crippen LogP contribution >= 0.6 is 34.7 Å². The monoisotopic (exact) mass is 434 g/mol. The molecule has 28 heavy (non-hydrogen) atoms. The lowest BCUT2D eigenvalue weighted by Crippen LogP contribution is -2.37. The highest BCUT2D eigenvalue weighted by atomic mass is 35.5. The molecule has 1 saturated heterocycles. The second kappa shape index (κ2) is 7.57. The normalized spacial score (nSPS) is 14.3. The first kappa shape index (κ1) is 19.0. The molecule has 0 unspecified atom stereocenters. The number of carbonyl (C=O) groups is 3. The summed E-state index contributed by atoms with van der Waals surface area (Å²) >= 11 is 8.59. The van der Waals surface area contributed by atoms with E-state index in [2.05, 4.69) is 10.4 Å². The number of halogens is 1. The van der Waals surface area contributed by atoms with Crippen LogP contribution in [0.3, 0.4) is 0 Å². The van der Waals surface area contributed by atoms with E-state index < -0.39 is 0 Å². The molecule has 2 aromatic heterocycles. The number of hydrogen-bond donors (Lipinski definition) is 1. The minimum atomic E-state index is -0.267. The van der Waals surface area contributed by atoms with E-state index in [0.717, 1.165) is 38.3 Å². The van der Waals surface area contributed by atoms with Crippen LogP contribution in [0.25, 0.3) is 15.9 Å². The van der Waals surface area contributed by atoms with Crippen LogP contribution < -0.4 is 5.32 Å². The third-order valence-electron chi connectivity index (χ3n) is 4.31. The first-order chi connectivity index (χ1) is 13.5. The van der Waals surface area contributed by atoms with Crippen LogP contribution in [-0.2, 0) is 4.79 Å². The molecule has 1 fully saturated rings. The third kappa shape index (κ3) is 3.41. The molecule has 0 aliphatic carbocycles. The molecular formula is C18H15ClN4O3S2. The second-order valence-corrected chi connectivity index (χ2v) is 8.50. The molecule has 3 aromatic rings. The van der Waals surface area contributed by atoms with E-state index in [1.807, 2.05) is 25.1 Å². The summed E-state index contributed by atoms with van der Waals surface area (Å²) in [5.41, 5.74) is 1.55. The highest BCUT2D eigenvalue weighted by molar-refractivity contribution is 8.14. The van der Waals surface area contributed by atoms with E-state index in [4.69, 9.17) is 11.6 Å². The number of nitrogens with one attached hydrogen (secondary N) is 1. The molecule has 3 amide bonds. The van der Waals surface area contributed by atoms with Gasteiger partial charge in [-0.15, -0.1) is 11.3 Å². The zero-order chi connectivity index (χ0) is 19.8. The van der Waals surface area contributed by atoms with Gasteiger partial charge >= 0.3 is 0 Å². The van der Waals surface area contributed by atoms with Crippen molar-refractivity contribution >= 4 is 62.0 Å². The molecule has 0 bridgehead atoms. The number of nitrogens with zero attached hydrogens (tertiary/aromatic N) is 3. The summed E-state index contributed by atoms with van der Waals surface area (Å²) in [6.07, 6.45) is 0. The Morgan fingerprint density at radius 2 is 2.11 bits per heavy atom. The smallest absolute Gasteiger partial charge is 0.288 e. The van der Waals surface area contributed by atoms with Gasteiger partial charge in [-0.1, -0.05) is 35.5 Å². The molecule has 0 spiro atoms. The number of amides is 3. The molecule has 1 N–H and O–H groups in total. The fraction of sp³-hybridized carbons (Fsp3) is 0.222. The average Bonchev–Trinajstić information content (AvgIpc) is 3.33. The van der Waals surface area contributed by atoms with E-state index in [1.165, 1.54) is 11.3 Å².